The van der Waals surface area contributed by atoms with E-state index >= 15 is 0 Å². The van der Waals surface area contributed by atoms with Crippen molar-refractivity contribution in [1.29, 1.82) is 0 Å². The molecule has 6 nitrogen and oxygen atoms in total. The Morgan fingerprint density at radius 1 is 1.04 bits per heavy atom. The normalized spacial score (nSPS) is 21.0. The molecule has 0 saturated carbocycles. The van der Waals surface area contributed by atoms with Gasteiger partial charge in [-0.2, -0.15) is 5.10 Å². The number of aryl methyl sites for hydroxylation is 1. The fourth-order valence-electron chi connectivity index (χ4n) is 3.93. The summed E-state index contributed by atoms with van der Waals surface area (Å²) >= 11 is 0. The van der Waals surface area contributed by atoms with Crippen LogP contribution in [0.5, 0.6) is 0 Å². The summed E-state index contributed by atoms with van der Waals surface area (Å²) in [7, 11) is 0. The van der Waals surface area contributed by atoms with Gasteiger partial charge in [0.25, 0.3) is 0 Å². The Balaban J connectivity index is 1.39. The highest BCUT2D eigenvalue weighted by molar-refractivity contribution is 5.15. The van der Waals surface area contributed by atoms with Crippen LogP contribution in [0.25, 0.3) is 0 Å². The van der Waals surface area contributed by atoms with E-state index in [0.29, 0.717) is 0 Å². The molecule has 0 unspecified atom stereocenters. The first kappa shape index (κ1) is 19.5. The molecular formula is C20H35N5O. The molecule has 0 N–H and O–H groups in total. The van der Waals surface area contributed by atoms with Crippen molar-refractivity contribution in [3.05, 3.63) is 30.1 Å². The largest absolute Gasteiger partial charge is 0.379 e. The second kappa shape index (κ2) is 10.2. The minimum atomic E-state index is 0.789. The zero-order valence-corrected chi connectivity index (χ0v) is 16.4. The van der Waals surface area contributed by atoms with Crippen LogP contribution in [-0.2, 0) is 17.8 Å². The standard InChI is InChI=1S/C20H35N5O/c1-3-6-25-18-20(19(2)21-25)17-24-10-5-8-22(11-12-24)7-4-9-23-13-15-26-16-14-23/h3,18H,1,4-17H2,2H3. The van der Waals surface area contributed by atoms with Crippen LogP contribution >= 0.6 is 0 Å². The number of rotatable bonds is 8. The summed E-state index contributed by atoms with van der Waals surface area (Å²) in [6, 6.07) is 0. The number of aromatic nitrogens is 2. The third-order valence-corrected chi connectivity index (χ3v) is 5.49. The van der Waals surface area contributed by atoms with Gasteiger partial charge >= 0.3 is 0 Å². The number of morpholine rings is 1. The molecule has 2 aliphatic rings. The van der Waals surface area contributed by atoms with Crippen LogP contribution in [0.15, 0.2) is 18.9 Å². The smallest absolute Gasteiger partial charge is 0.0638 e. The first-order valence-corrected chi connectivity index (χ1v) is 10.1. The van der Waals surface area contributed by atoms with Gasteiger partial charge in [-0.1, -0.05) is 6.08 Å². The maximum absolute atomic E-state index is 5.43. The van der Waals surface area contributed by atoms with Crippen molar-refractivity contribution in [2.45, 2.75) is 32.9 Å². The molecule has 2 fully saturated rings. The van der Waals surface area contributed by atoms with Gasteiger partial charge in [0.1, 0.15) is 0 Å². The third-order valence-electron chi connectivity index (χ3n) is 5.49. The summed E-state index contributed by atoms with van der Waals surface area (Å²) in [6.07, 6.45) is 6.61. The average Bonchev–Trinajstić information content (AvgIpc) is 2.84. The van der Waals surface area contributed by atoms with E-state index in [2.05, 4.69) is 39.5 Å². The van der Waals surface area contributed by atoms with Crippen molar-refractivity contribution >= 4 is 0 Å². The lowest BCUT2D eigenvalue weighted by molar-refractivity contribution is 0.0361. The second-order valence-corrected chi connectivity index (χ2v) is 7.53. The molecular weight excluding hydrogens is 326 g/mol. The monoisotopic (exact) mass is 361 g/mol. The van der Waals surface area contributed by atoms with Crippen molar-refractivity contribution in [3.63, 3.8) is 0 Å². The Bertz CT molecular complexity index is 552. The number of hydrogen-bond acceptors (Lipinski definition) is 5. The topological polar surface area (TPSA) is 36.8 Å². The molecule has 2 aliphatic heterocycles. The van der Waals surface area contributed by atoms with Crippen LogP contribution in [0.1, 0.15) is 24.1 Å². The average molecular weight is 362 g/mol. The number of allylic oxidation sites excluding steroid dienone is 1. The van der Waals surface area contributed by atoms with Crippen molar-refractivity contribution < 1.29 is 4.74 Å². The molecule has 1 aromatic heterocycles. The van der Waals surface area contributed by atoms with E-state index in [4.69, 9.17) is 4.74 Å². The van der Waals surface area contributed by atoms with E-state index in [1.54, 1.807) is 0 Å². The van der Waals surface area contributed by atoms with Crippen molar-refractivity contribution in [1.82, 2.24) is 24.5 Å². The van der Waals surface area contributed by atoms with Crippen LogP contribution in [-0.4, -0.2) is 90.1 Å². The zero-order valence-electron chi connectivity index (χ0n) is 16.4. The molecule has 3 heterocycles. The molecule has 0 radical (unpaired) electrons. The van der Waals surface area contributed by atoms with Crippen LogP contribution in [0.4, 0.5) is 0 Å². The Morgan fingerprint density at radius 2 is 1.73 bits per heavy atom. The van der Waals surface area contributed by atoms with E-state index < -0.39 is 0 Å². The Labute approximate surface area is 158 Å². The van der Waals surface area contributed by atoms with E-state index in [9.17, 15) is 0 Å². The number of ether oxygens (including phenoxy) is 1. The highest BCUT2D eigenvalue weighted by atomic mass is 16.5. The molecule has 2 saturated heterocycles. The molecule has 26 heavy (non-hydrogen) atoms. The van der Waals surface area contributed by atoms with Gasteiger partial charge in [0, 0.05) is 44.5 Å². The molecule has 0 atom stereocenters. The molecule has 6 heteroatoms. The summed E-state index contributed by atoms with van der Waals surface area (Å²) in [5.74, 6) is 0. The van der Waals surface area contributed by atoms with E-state index in [0.717, 1.165) is 51.6 Å². The Kier molecular flexibility index (Phi) is 7.68. The number of hydrogen-bond donors (Lipinski definition) is 0. The fourth-order valence-corrected chi connectivity index (χ4v) is 3.93. The summed E-state index contributed by atoms with van der Waals surface area (Å²) in [5.41, 5.74) is 2.51. The Hall–Kier alpha value is -1.21. The molecule has 0 bridgehead atoms. The summed E-state index contributed by atoms with van der Waals surface area (Å²) in [4.78, 5) is 7.77. The molecule has 3 rings (SSSR count). The van der Waals surface area contributed by atoms with Gasteiger partial charge in [0.05, 0.1) is 25.5 Å². The maximum Gasteiger partial charge on any atom is 0.0638 e. The molecule has 146 valence electrons. The minimum absolute atomic E-state index is 0.789. The number of nitrogens with zero attached hydrogens (tertiary/aromatic N) is 5. The summed E-state index contributed by atoms with van der Waals surface area (Å²) in [6.45, 7) is 18.9. The lowest BCUT2D eigenvalue weighted by Gasteiger charge is -2.28. The van der Waals surface area contributed by atoms with Crippen molar-refractivity contribution in [3.8, 4) is 0 Å². The fraction of sp³-hybridized carbons (Fsp3) is 0.750. The minimum Gasteiger partial charge on any atom is -0.379 e. The quantitative estimate of drug-likeness (QED) is 0.658. The van der Waals surface area contributed by atoms with Gasteiger partial charge in [0.15, 0.2) is 0 Å². The highest BCUT2D eigenvalue weighted by Crippen LogP contribution is 2.12. The molecule has 1 aromatic rings. The van der Waals surface area contributed by atoms with Crippen LogP contribution < -0.4 is 0 Å². The Morgan fingerprint density at radius 3 is 2.50 bits per heavy atom. The second-order valence-electron chi connectivity index (χ2n) is 7.53. The molecule has 0 amide bonds. The first-order valence-electron chi connectivity index (χ1n) is 10.1. The third kappa shape index (κ3) is 5.91. The molecule has 0 aliphatic carbocycles. The van der Waals surface area contributed by atoms with E-state index in [1.165, 1.54) is 51.1 Å². The van der Waals surface area contributed by atoms with E-state index in [-0.39, 0.29) is 0 Å². The molecule has 0 spiro atoms. The molecule has 0 aromatic carbocycles. The summed E-state index contributed by atoms with van der Waals surface area (Å²) in [5, 5.41) is 4.58. The van der Waals surface area contributed by atoms with Gasteiger partial charge in [-0.15, -0.1) is 6.58 Å². The summed E-state index contributed by atoms with van der Waals surface area (Å²) < 4.78 is 7.42. The van der Waals surface area contributed by atoms with Gasteiger partial charge in [-0.25, -0.2) is 0 Å². The van der Waals surface area contributed by atoms with Gasteiger partial charge < -0.3 is 9.64 Å². The SMILES string of the molecule is C=CCn1cc(CN2CCCN(CCCN3CCOCC3)CC2)c(C)n1. The zero-order chi connectivity index (χ0) is 18.2. The van der Waals surface area contributed by atoms with Crippen LogP contribution in [0.2, 0.25) is 0 Å². The van der Waals surface area contributed by atoms with Crippen LogP contribution in [0.3, 0.4) is 0 Å². The highest BCUT2D eigenvalue weighted by Gasteiger charge is 2.17. The predicted octanol–water partition coefficient (Wildman–Crippen LogP) is 1.61. The maximum atomic E-state index is 5.43. The van der Waals surface area contributed by atoms with Gasteiger partial charge in [-0.05, 0) is 45.9 Å². The van der Waals surface area contributed by atoms with E-state index in [1.807, 2.05) is 10.8 Å². The lowest BCUT2D eigenvalue weighted by atomic mass is 10.2. The van der Waals surface area contributed by atoms with Gasteiger partial charge in [0.2, 0.25) is 0 Å². The first-order chi connectivity index (χ1) is 12.7. The van der Waals surface area contributed by atoms with Crippen molar-refractivity contribution in [2.24, 2.45) is 0 Å². The van der Waals surface area contributed by atoms with Crippen molar-refractivity contribution in [2.75, 3.05) is 65.6 Å². The predicted molar refractivity (Wildman–Crippen MR) is 105 cm³/mol. The lowest BCUT2D eigenvalue weighted by Crippen LogP contribution is -2.38. The van der Waals surface area contributed by atoms with Crippen LogP contribution in [0, 0.1) is 6.92 Å². The van der Waals surface area contributed by atoms with Gasteiger partial charge in [-0.3, -0.25) is 14.5 Å².